The summed E-state index contributed by atoms with van der Waals surface area (Å²) in [6, 6.07) is 19.5. The Morgan fingerprint density at radius 3 is 2.32 bits per heavy atom. The van der Waals surface area contributed by atoms with Gasteiger partial charge in [-0.3, -0.25) is 0 Å². The zero-order valence-corrected chi connectivity index (χ0v) is 11.7. The van der Waals surface area contributed by atoms with Crippen molar-refractivity contribution in [2.75, 3.05) is 0 Å². The van der Waals surface area contributed by atoms with Crippen LogP contribution in [0.3, 0.4) is 0 Å². The van der Waals surface area contributed by atoms with Crippen molar-refractivity contribution in [3.8, 4) is 16.9 Å². The summed E-state index contributed by atoms with van der Waals surface area (Å²) in [5.74, 6) is -0.832. The highest BCUT2D eigenvalue weighted by atomic mass is 16.5. The summed E-state index contributed by atoms with van der Waals surface area (Å²) in [5.41, 5.74) is 3.30. The Bertz CT molecular complexity index is 757. The lowest BCUT2D eigenvalue weighted by Crippen LogP contribution is -1.95. The fourth-order valence-electron chi connectivity index (χ4n) is 2.10. The second kappa shape index (κ2) is 6.18. The van der Waals surface area contributed by atoms with Gasteiger partial charge in [0.15, 0.2) is 5.75 Å². The van der Waals surface area contributed by atoms with Gasteiger partial charge in [0, 0.05) is 6.07 Å². The molecule has 0 bridgehead atoms. The van der Waals surface area contributed by atoms with E-state index in [2.05, 4.69) is 12.1 Å². The summed E-state index contributed by atoms with van der Waals surface area (Å²) in [5, 5.41) is 8.77. The van der Waals surface area contributed by atoms with Gasteiger partial charge < -0.3 is 14.3 Å². The van der Waals surface area contributed by atoms with Gasteiger partial charge in [0.1, 0.15) is 12.9 Å². The number of ether oxygens (including phenoxy) is 1. The predicted octanol–water partition coefficient (Wildman–Crippen LogP) is 4.22. The molecule has 4 nitrogen and oxygen atoms in total. The third-order valence-electron chi connectivity index (χ3n) is 3.25. The number of furan rings is 1. The van der Waals surface area contributed by atoms with E-state index < -0.39 is 5.97 Å². The number of carboxylic acids is 1. The van der Waals surface area contributed by atoms with Crippen molar-refractivity contribution >= 4 is 5.97 Å². The Morgan fingerprint density at radius 2 is 1.68 bits per heavy atom. The van der Waals surface area contributed by atoms with Gasteiger partial charge in [-0.2, -0.15) is 0 Å². The second-order valence-corrected chi connectivity index (χ2v) is 4.80. The van der Waals surface area contributed by atoms with Crippen LogP contribution in [0.15, 0.2) is 71.3 Å². The molecule has 0 fully saturated rings. The molecule has 2 aromatic carbocycles. The van der Waals surface area contributed by atoms with Gasteiger partial charge in [0.25, 0.3) is 0 Å². The largest absolute Gasteiger partial charge is 0.486 e. The minimum Gasteiger partial charge on any atom is -0.486 e. The van der Waals surface area contributed by atoms with Crippen molar-refractivity contribution in [3.05, 3.63) is 78.3 Å². The normalized spacial score (nSPS) is 10.4. The van der Waals surface area contributed by atoms with E-state index >= 15 is 0 Å². The Hall–Kier alpha value is -3.01. The first kappa shape index (κ1) is 13.9. The molecule has 4 heteroatoms. The third kappa shape index (κ3) is 3.17. The lowest BCUT2D eigenvalue weighted by molar-refractivity contribution is 0.0662. The number of rotatable bonds is 5. The van der Waals surface area contributed by atoms with Crippen molar-refractivity contribution < 1.29 is 19.1 Å². The van der Waals surface area contributed by atoms with Crippen molar-refractivity contribution in [2.24, 2.45) is 0 Å². The third-order valence-corrected chi connectivity index (χ3v) is 3.25. The molecule has 22 heavy (non-hydrogen) atoms. The lowest BCUT2D eigenvalue weighted by atomic mass is 10.0. The lowest BCUT2D eigenvalue weighted by Gasteiger charge is -2.05. The molecule has 1 N–H and O–H groups in total. The first-order valence-electron chi connectivity index (χ1n) is 6.81. The van der Waals surface area contributed by atoms with Crippen molar-refractivity contribution in [3.63, 3.8) is 0 Å². The first-order valence-corrected chi connectivity index (χ1v) is 6.81. The van der Waals surface area contributed by atoms with Crippen LogP contribution < -0.4 is 4.74 Å². The highest BCUT2D eigenvalue weighted by Crippen LogP contribution is 2.21. The number of carbonyl (C=O) groups is 1. The SMILES string of the molecule is O=C(O)c1cc(OCc2ccc(-c3ccccc3)cc2)co1. The van der Waals surface area contributed by atoms with Gasteiger partial charge in [-0.15, -0.1) is 0 Å². The number of hydrogen-bond acceptors (Lipinski definition) is 3. The van der Waals surface area contributed by atoms with Gasteiger partial charge >= 0.3 is 5.97 Å². The van der Waals surface area contributed by atoms with E-state index in [-0.39, 0.29) is 5.76 Å². The molecule has 0 radical (unpaired) electrons. The Morgan fingerprint density at radius 1 is 1.00 bits per heavy atom. The zero-order valence-electron chi connectivity index (χ0n) is 11.7. The van der Waals surface area contributed by atoms with E-state index in [1.807, 2.05) is 42.5 Å². The molecule has 1 heterocycles. The van der Waals surface area contributed by atoms with Crippen LogP contribution in [0.1, 0.15) is 16.1 Å². The number of aromatic carboxylic acids is 1. The van der Waals surface area contributed by atoms with Crippen LogP contribution in [0, 0.1) is 0 Å². The van der Waals surface area contributed by atoms with Crippen LogP contribution in [-0.2, 0) is 6.61 Å². The molecule has 110 valence electrons. The van der Waals surface area contributed by atoms with Crippen molar-refractivity contribution in [1.82, 2.24) is 0 Å². The fourth-order valence-corrected chi connectivity index (χ4v) is 2.10. The fraction of sp³-hybridized carbons (Fsp3) is 0.0556. The molecule has 0 aliphatic rings. The zero-order chi connectivity index (χ0) is 15.4. The molecule has 0 saturated heterocycles. The summed E-state index contributed by atoms with van der Waals surface area (Å²) in [6.45, 7) is 0.355. The van der Waals surface area contributed by atoms with Gasteiger partial charge in [0.05, 0.1) is 0 Å². The van der Waals surface area contributed by atoms with E-state index in [0.717, 1.165) is 16.7 Å². The molecule has 3 rings (SSSR count). The van der Waals surface area contributed by atoms with E-state index in [0.29, 0.717) is 12.4 Å². The minimum atomic E-state index is -1.11. The Labute approximate surface area is 127 Å². The Balaban J connectivity index is 1.65. The molecule has 0 atom stereocenters. The van der Waals surface area contributed by atoms with E-state index in [9.17, 15) is 4.79 Å². The molecular weight excluding hydrogens is 280 g/mol. The average molecular weight is 294 g/mol. The molecule has 0 aliphatic heterocycles. The number of hydrogen-bond donors (Lipinski definition) is 1. The van der Waals surface area contributed by atoms with Crippen LogP contribution in [-0.4, -0.2) is 11.1 Å². The molecule has 3 aromatic rings. The van der Waals surface area contributed by atoms with Gasteiger partial charge in [0.2, 0.25) is 5.76 Å². The summed E-state index contributed by atoms with van der Waals surface area (Å²) < 4.78 is 10.4. The highest BCUT2D eigenvalue weighted by molar-refractivity contribution is 5.84. The Kier molecular flexibility index (Phi) is 3.92. The monoisotopic (exact) mass is 294 g/mol. The summed E-state index contributed by atoms with van der Waals surface area (Å²) >= 11 is 0. The number of carboxylic acid groups (broad SMARTS) is 1. The van der Waals surface area contributed by atoms with E-state index in [4.69, 9.17) is 14.3 Å². The van der Waals surface area contributed by atoms with Crippen LogP contribution >= 0.6 is 0 Å². The minimum absolute atomic E-state index is 0.130. The smallest absolute Gasteiger partial charge is 0.371 e. The van der Waals surface area contributed by atoms with Crippen LogP contribution in [0.5, 0.6) is 5.75 Å². The maximum atomic E-state index is 10.7. The predicted molar refractivity (Wildman–Crippen MR) is 81.9 cm³/mol. The highest BCUT2D eigenvalue weighted by Gasteiger charge is 2.09. The van der Waals surface area contributed by atoms with E-state index in [1.54, 1.807) is 0 Å². The van der Waals surface area contributed by atoms with E-state index in [1.165, 1.54) is 12.3 Å². The van der Waals surface area contributed by atoms with Crippen LogP contribution in [0.4, 0.5) is 0 Å². The van der Waals surface area contributed by atoms with Gasteiger partial charge in [-0.25, -0.2) is 4.79 Å². The maximum absolute atomic E-state index is 10.7. The molecular formula is C18H14O4. The quantitative estimate of drug-likeness (QED) is 0.765. The molecule has 0 spiro atoms. The van der Waals surface area contributed by atoms with Gasteiger partial charge in [-0.05, 0) is 16.7 Å². The van der Waals surface area contributed by atoms with Crippen LogP contribution in [0.2, 0.25) is 0 Å². The molecule has 0 unspecified atom stereocenters. The molecule has 0 amide bonds. The van der Waals surface area contributed by atoms with Crippen molar-refractivity contribution in [2.45, 2.75) is 6.61 Å². The standard InChI is InChI=1S/C18H14O4/c19-18(20)17-10-16(12-22-17)21-11-13-6-8-15(9-7-13)14-4-2-1-3-5-14/h1-10,12H,11H2,(H,19,20). The molecule has 0 aliphatic carbocycles. The molecule has 1 aromatic heterocycles. The average Bonchev–Trinajstić information content (AvgIpc) is 3.04. The van der Waals surface area contributed by atoms with Gasteiger partial charge in [-0.1, -0.05) is 54.6 Å². The summed E-state index contributed by atoms with van der Waals surface area (Å²) in [6.07, 6.45) is 1.29. The topological polar surface area (TPSA) is 59.7 Å². The molecule has 0 saturated carbocycles. The maximum Gasteiger partial charge on any atom is 0.371 e. The summed E-state index contributed by atoms with van der Waals surface area (Å²) in [7, 11) is 0. The number of benzene rings is 2. The van der Waals surface area contributed by atoms with Crippen molar-refractivity contribution in [1.29, 1.82) is 0 Å². The van der Waals surface area contributed by atoms with Crippen LogP contribution in [0.25, 0.3) is 11.1 Å². The first-order chi connectivity index (χ1) is 10.7. The second-order valence-electron chi connectivity index (χ2n) is 4.80. The summed E-state index contributed by atoms with van der Waals surface area (Å²) in [4.78, 5) is 10.7.